The van der Waals surface area contributed by atoms with Crippen LogP contribution in [0.25, 0.3) is 11.1 Å². The molecule has 3 aromatic rings. The fourth-order valence-corrected chi connectivity index (χ4v) is 3.70. The Bertz CT molecular complexity index is 1280. The number of sulfonamides is 1. The molecule has 0 spiro atoms. The van der Waals surface area contributed by atoms with Gasteiger partial charge in [0, 0.05) is 13.2 Å². The van der Waals surface area contributed by atoms with Crippen molar-refractivity contribution in [3.63, 3.8) is 0 Å². The molecule has 12 nitrogen and oxygen atoms in total. The first kappa shape index (κ1) is 22.2. The van der Waals surface area contributed by atoms with Crippen LogP contribution in [0.1, 0.15) is 39.4 Å². The maximum Gasteiger partial charge on any atom is 0.355 e. The molecule has 0 saturated heterocycles. The summed E-state index contributed by atoms with van der Waals surface area (Å²) in [6.07, 6.45) is 1.28. The number of nitrogen functional groups attached to an aromatic ring is 1. The minimum Gasteiger partial charge on any atom is -0.462 e. The Kier molecular flexibility index (Phi) is 5.99. The monoisotopic (exact) mass is 451 g/mol. The van der Waals surface area contributed by atoms with Gasteiger partial charge in [0.05, 0.1) is 12.0 Å². The van der Waals surface area contributed by atoms with Gasteiger partial charge in [-0.2, -0.15) is 4.98 Å². The quantitative estimate of drug-likeness (QED) is 0.492. The summed E-state index contributed by atoms with van der Waals surface area (Å²) in [5, 5.41) is 0.218. The Hall–Kier alpha value is -3.45. The van der Waals surface area contributed by atoms with Crippen molar-refractivity contribution in [2.24, 2.45) is 7.05 Å². The molecule has 0 aliphatic rings. The number of furan rings is 1. The van der Waals surface area contributed by atoms with Crippen molar-refractivity contribution in [3.8, 4) is 0 Å². The van der Waals surface area contributed by atoms with Gasteiger partial charge >= 0.3 is 11.9 Å². The van der Waals surface area contributed by atoms with Gasteiger partial charge in [0.15, 0.2) is 12.4 Å². The number of aryl methyl sites for hydroxylation is 2. The summed E-state index contributed by atoms with van der Waals surface area (Å²) in [4.78, 5) is 32.7. The minimum atomic E-state index is -3.71. The number of rotatable bonds is 7. The first-order valence-electron chi connectivity index (χ1n) is 9.08. The summed E-state index contributed by atoms with van der Waals surface area (Å²) in [5.74, 6) is -1.11. The zero-order valence-electron chi connectivity index (χ0n) is 17.3. The van der Waals surface area contributed by atoms with Crippen molar-refractivity contribution in [2.45, 2.75) is 25.3 Å². The number of aromatic nitrogens is 3. The Balaban J connectivity index is 1.84. The average molecular weight is 451 g/mol. The zero-order chi connectivity index (χ0) is 22.9. The molecule has 0 aliphatic carbocycles. The van der Waals surface area contributed by atoms with Gasteiger partial charge < -0.3 is 24.2 Å². The Morgan fingerprint density at radius 3 is 2.61 bits per heavy atom. The van der Waals surface area contributed by atoms with Crippen molar-refractivity contribution in [3.05, 3.63) is 35.1 Å². The molecule has 31 heavy (non-hydrogen) atoms. The predicted molar refractivity (Wildman–Crippen MR) is 108 cm³/mol. The highest BCUT2D eigenvalue weighted by atomic mass is 32.2. The van der Waals surface area contributed by atoms with Gasteiger partial charge in [0.2, 0.25) is 15.7 Å². The van der Waals surface area contributed by atoms with E-state index < -0.39 is 22.0 Å². The first-order chi connectivity index (χ1) is 14.6. The van der Waals surface area contributed by atoms with Crippen molar-refractivity contribution in [2.75, 3.05) is 19.4 Å². The van der Waals surface area contributed by atoms with Crippen LogP contribution in [0.2, 0.25) is 0 Å². The average Bonchev–Trinajstić information content (AvgIpc) is 3.26. The summed E-state index contributed by atoms with van der Waals surface area (Å²) < 4.78 is 43.0. The van der Waals surface area contributed by atoms with Crippen LogP contribution in [-0.4, -0.2) is 48.5 Å². The summed E-state index contributed by atoms with van der Waals surface area (Å²) in [7, 11) is -0.939. The van der Waals surface area contributed by atoms with Crippen LogP contribution in [0.3, 0.4) is 0 Å². The molecule has 0 fully saturated rings. The number of anilines is 1. The second kappa shape index (κ2) is 8.35. The number of nitrogens with two attached hydrogens (primary N) is 1. The topological polar surface area (TPSA) is 169 Å². The first-order valence-corrected chi connectivity index (χ1v) is 10.6. The molecule has 13 heteroatoms. The van der Waals surface area contributed by atoms with Crippen LogP contribution in [0, 0.1) is 6.92 Å². The lowest BCUT2D eigenvalue weighted by atomic mass is 10.2. The van der Waals surface area contributed by atoms with E-state index in [4.69, 9.17) is 19.6 Å². The summed E-state index contributed by atoms with van der Waals surface area (Å²) in [6, 6.07) is 1.19. The molecule has 0 radical (unpaired) electrons. The molecule has 0 atom stereocenters. The summed E-state index contributed by atoms with van der Waals surface area (Å²) >= 11 is 0. The van der Waals surface area contributed by atoms with E-state index in [1.54, 1.807) is 13.8 Å². The summed E-state index contributed by atoms with van der Waals surface area (Å²) in [5.41, 5.74) is 6.19. The van der Waals surface area contributed by atoms with E-state index in [0.717, 1.165) is 0 Å². The fourth-order valence-electron chi connectivity index (χ4n) is 2.90. The molecule has 0 aromatic carbocycles. The third kappa shape index (κ3) is 4.22. The van der Waals surface area contributed by atoms with Crippen LogP contribution in [-0.2, 0) is 33.2 Å². The van der Waals surface area contributed by atoms with Gasteiger partial charge in [-0.1, -0.05) is 0 Å². The molecule has 0 bridgehead atoms. The lowest BCUT2D eigenvalue weighted by Gasteiger charge is -2.06. The highest BCUT2D eigenvalue weighted by Gasteiger charge is 2.25. The molecule has 0 unspecified atom stereocenters. The molecular formula is C18H21N5O7S. The van der Waals surface area contributed by atoms with Crippen LogP contribution in [0.4, 0.5) is 5.82 Å². The minimum absolute atomic E-state index is 0.0151. The molecule has 3 heterocycles. The van der Waals surface area contributed by atoms with Crippen LogP contribution in [0.5, 0.6) is 0 Å². The number of carbonyl (C=O) groups is 2. The van der Waals surface area contributed by atoms with Gasteiger partial charge in [0.1, 0.15) is 27.7 Å². The zero-order valence-corrected chi connectivity index (χ0v) is 18.1. The van der Waals surface area contributed by atoms with E-state index >= 15 is 0 Å². The van der Waals surface area contributed by atoms with E-state index in [2.05, 4.69) is 14.7 Å². The molecule has 0 saturated carbocycles. The Morgan fingerprint density at radius 1 is 1.26 bits per heavy atom. The Labute approximate surface area is 177 Å². The number of nitrogens with zero attached hydrogens (tertiary/aromatic N) is 3. The molecule has 3 rings (SSSR count). The van der Waals surface area contributed by atoms with Crippen LogP contribution >= 0.6 is 0 Å². The van der Waals surface area contributed by atoms with Crippen LogP contribution in [0.15, 0.2) is 21.6 Å². The van der Waals surface area contributed by atoms with Gasteiger partial charge in [0.25, 0.3) is 0 Å². The number of hydrogen-bond donors (Lipinski definition) is 2. The third-order valence-corrected chi connectivity index (χ3v) is 5.76. The highest BCUT2D eigenvalue weighted by Crippen LogP contribution is 2.29. The highest BCUT2D eigenvalue weighted by molar-refractivity contribution is 7.89. The molecule has 166 valence electrons. The maximum atomic E-state index is 12.4. The molecular weight excluding hydrogens is 430 g/mol. The Morgan fingerprint density at radius 2 is 1.97 bits per heavy atom. The standard InChI is InChI=1S/C18H21N5O7S/c1-5-28-18(25)13-9(2)30-16-14(13)15(19)21-12(22-16)8-29-17(24)11-6-10(7-23(11)4)31(26,27)20-3/h6-7,20H,5,8H2,1-4H3,(H2,19,21,22). The van der Waals surface area contributed by atoms with Gasteiger partial charge in [-0.3, -0.25) is 0 Å². The maximum absolute atomic E-state index is 12.4. The van der Waals surface area contributed by atoms with E-state index in [1.165, 1.54) is 30.9 Å². The van der Waals surface area contributed by atoms with Gasteiger partial charge in [-0.05, 0) is 27.0 Å². The second-order valence-electron chi connectivity index (χ2n) is 6.41. The van der Waals surface area contributed by atoms with Gasteiger partial charge in [-0.15, -0.1) is 0 Å². The normalized spacial score (nSPS) is 11.6. The van der Waals surface area contributed by atoms with E-state index in [0.29, 0.717) is 0 Å². The molecule has 0 amide bonds. The van der Waals surface area contributed by atoms with Crippen molar-refractivity contribution in [1.29, 1.82) is 0 Å². The lowest BCUT2D eigenvalue weighted by molar-refractivity contribution is 0.0450. The number of esters is 2. The van der Waals surface area contributed by atoms with Crippen LogP contribution < -0.4 is 10.5 Å². The SMILES string of the molecule is CCOC(=O)c1c(C)oc2nc(COC(=O)c3cc(S(=O)(=O)NC)cn3C)nc(N)c12. The number of hydrogen-bond acceptors (Lipinski definition) is 10. The van der Waals surface area contributed by atoms with Crippen molar-refractivity contribution >= 4 is 38.9 Å². The fraction of sp³-hybridized carbons (Fsp3) is 0.333. The number of fused-ring (bicyclic) bond motifs is 1. The van der Waals surface area contributed by atoms with E-state index in [1.807, 2.05) is 0 Å². The van der Waals surface area contributed by atoms with E-state index in [9.17, 15) is 18.0 Å². The van der Waals surface area contributed by atoms with Gasteiger partial charge in [-0.25, -0.2) is 27.7 Å². The van der Waals surface area contributed by atoms with E-state index in [-0.39, 0.29) is 57.9 Å². The van der Waals surface area contributed by atoms with Crippen molar-refractivity contribution < 1.29 is 31.9 Å². The summed E-state index contributed by atoms with van der Waals surface area (Å²) in [6.45, 7) is 3.06. The number of nitrogens with one attached hydrogen (secondary N) is 1. The lowest BCUT2D eigenvalue weighted by Crippen LogP contribution is -2.17. The van der Waals surface area contributed by atoms with Crippen molar-refractivity contribution in [1.82, 2.24) is 19.3 Å². The molecule has 3 N–H and O–H groups in total. The number of ether oxygens (including phenoxy) is 2. The largest absolute Gasteiger partial charge is 0.462 e. The molecule has 0 aliphatic heterocycles. The third-order valence-electron chi connectivity index (χ3n) is 4.38. The second-order valence-corrected chi connectivity index (χ2v) is 8.30. The number of carbonyl (C=O) groups excluding carboxylic acids is 2. The smallest absolute Gasteiger partial charge is 0.355 e. The predicted octanol–water partition coefficient (Wildman–Crippen LogP) is 0.894. The molecule has 3 aromatic heterocycles.